The number of carboxylic acid groups (broad SMARTS) is 1. The molecule has 4 aromatic rings. The number of allylic oxidation sites excluding steroid dienone is 1. The van der Waals surface area contributed by atoms with E-state index in [0.717, 1.165) is 32.5 Å². The molecule has 7 rings (SSSR count). The number of carboxylic acids is 1. The Balaban J connectivity index is 1.20. The van der Waals surface area contributed by atoms with Crippen molar-refractivity contribution in [1.82, 2.24) is 79.0 Å². The number of aliphatic hydroxyl groups excluding tert-OH is 1. The van der Waals surface area contributed by atoms with Gasteiger partial charge in [0.25, 0.3) is 0 Å². The molecule has 2 aliphatic heterocycles. The number of ether oxygens (including phenoxy) is 1. The molecule has 0 radical (unpaired) electrons. The van der Waals surface area contributed by atoms with Crippen LogP contribution < -0.4 is 86.3 Å². The number of nitrogens with one attached hydrogen (secondary N) is 16. The van der Waals surface area contributed by atoms with Gasteiger partial charge in [0.1, 0.15) is 79.6 Å². The SMILES string of the molecule is CC=CC[C@H](NC(=O)CNC(=O)OCC1c2ccccc2-c2ccccc21)C(=O)N[C@H]1CCCC(C(N)=O)NC(=O)[C@H](CCCNC(=N)N)NC(=O)[C@H](Cc2cc3ccccc3[nH]2)NC(=O)[C@H](C)NC(=O)[C@H](CCC)NC(=O)[C@H](CCCNC(=N)N)NC(=O)C2CCCN2C(=O)[C@H](CC(=O)O)NC(=O)[C@H](CO)NC1=O. The Morgan fingerprint density at radius 3 is 1.80 bits per heavy atom. The van der Waals surface area contributed by atoms with Gasteiger partial charge in [0.2, 0.25) is 70.9 Å². The summed E-state index contributed by atoms with van der Waals surface area (Å²) in [5.74, 6) is -15.0. The largest absolute Gasteiger partial charge is 0.481 e. The summed E-state index contributed by atoms with van der Waals surface area (Å²) in [6, 6.07) is 6.52. The number of primary amides is 1. The molecule has 13 amide bonds. The molecule has 3 heterocycles. The first-order valence-electron chi connectivity index (χ1n) is 36.5. The maximum atomic E-state index is 14.8. The summed E-state index contributed by atoms with van der Waals surface area (Å²) in [5, 5.41) is 69.9. The number of benzene rings is 3. The molecule has 2 saturated heterocycles. The molecule has 24 N–H and O–H groups in total. The Hall–Kier alpha value is -12.2. The lowest BCUT2D eigenvalue weighted by atomic mass is 9.98. The molecule has 2 fully saturated rings. The first-order valence-corrected chi connectivity index (χ1v) is 36.5. The summed E-state index contributed by atoms with van der Waals surface area (Å²) in [4.78, 5) is 202. The molecule has 1 aromatic heterocycles. The number of carbonyl (C=O) groups is 14. The fraction of sp³-hybridized carbons (Fsp3) is 0.479. The fourth-order valence-electron chi connectivity index (χ4n) is 13.1. The maximum Gasteiger partial charge on any atom is 0.407 e. The number of nitrogens with zero attached hydrogens (tertiary/aromatic N) is 1. The zero-order valence-electron chi connectivity index (χ0n) is 61.4. The molecule has 594 valence electrons. The third-order valence-electron chi connectivity index (χ3n) is 18.8. The second-order valence-electron chi connectivity index (χ2n) is 27.0. The van der Waals surface area contributed by atoms with Crippen LogP contribution in [0.5, 0.6) is 0 Å². The second-order valence-corrected chi connectivity index (χ2v) is 27.0. The highest BCUT2D eigenvalue weighted by molar-refractivity contribution is 6.01. The number of aliphatic hydroxyl groups is 1. The molecule has 2 unspecified atom stereocenters. The number of carbonyl (C=O) groups excluding carboxylic acids is 13. The third kappa shape index (κ3) is 25.0. The number of H-pyrrole nitrogens is 1. The molecule has 0 bridgehead atoms. The molecule has 1 aliphatic carbocycles. The predicted molar refractivity (Wildman–Crippen MR) is 400 cm³/mol. The van der Waals surface area contributed by atoms with Gasteiger partial charge < -0.3 is 111 Å². The number of alkyl carbamates (subject to hydrolysis) is 1. The van der Waals surface area contributed by atoms with Gasteiger partial charge in [-0.3, -0.25) is 73.1 Å². The van der Waals surface area contributed by atoms with E-state index in [-0.39, 0.29) is 96.4 Å². The van der Waals surface area contributed by atoms with E-state index in [1.807, 2.05) is 48.5 Å². The number of guanidine groups is 2. The van der Waals surface area contributed by atoms with Crippen molar-refractivity contribution in [3.05, 3.63) is 108 Å². The molecule has 110 heavy (non-hydrogen) atoms. The summed E-state index contributed by atoms with van der Waals surface area (Å²) in [5.41, 5.74) is 21.9. The van der Waals surface area contributed by atoms with Crippen LogP contribution >= 0.6 is 0 Å². The van der Waals surface area contributed by atoms with Crippen LogP contribution in [0.15, 0.2) is 91.0 Å². The van der Waals surface area contributed by atoms with Gasteiger partial charge in [0.05, 0.1) is 13.0 Å². The standard InChI is InChI=1S/C73H100N20O17/c1-4-6-23-50(84-58(95)36-81-73(109)110-38-46-44-21-10-8-19-42(44)43-20-9-11-22-45(43)46)63(101)87-51-26-13-25-48(60(74)98)85-64(102)52(27-14-30-79-71(75)76)88-67(105)54(34-41-33-40-18-7-12-24-47(40)83-41)90-61(99)39(3)82-62(100)49(17-5-2)86-65(103)53(28-15-31-80-72(77)78)89-69(107)57-29-16-32-93(57)70(108)55(35-59(96)97)91-68(106)56(37-94)92-66(51)104/h4,6-12,18-22,24,33,39,46,48-57,83,94H,5,13-17,23,25-32,34-38H2,1-3H3,(H2,74,98)(H,81,109)(H,82,100)(H,84,95)(H,85,102)(H,86,103)(H,87,101)(H,88,105)(H,89,107)(H,90,99)(H,91,106)(H,92,104)(H,96,97)(H4,75,76,79)(H4,77,78,80)/t39-,48?,49-,50-,51-,52-,53-,54-,55-,56-,57?/m0/s1. The van der Waals surface area contributed by atoms with Gasteiger partial charge in [-0.15, -0.1) is 0 Å². The first kappa shape index (κ1) is 85.1. The molecule has 0 spiro atoms. The minimum absolute atomic E-state index is 0.000413. The minimum Gasteiger partial charge on any atom is -0.481 e. The number of aliphatic carboxylic acids is 1. The molecular formula is C73H100N20O17. The van der Waals surface area contributed by atoms with Crippen LogP contribution in [-0.2, 0) is 73.5 Å². The van der Waals surface area contributed by atoms with Crippen molar-refractivity contribution in [1.29, 1.82) is 10.8 Å². The van der Waals surface area contributed by atoms with Crippen LogP contribution in [0.3, 0.4) is 0 Å². The topological polar surface area (TPSA) is 590 Å². The van der Waals surface area contributed by atoms with Crippen LogP contribution in [0.4, 0.5) is 4.79 Å². The highest BCUT2D eigenvalue weighted by Gasteiger charge is 2.42. The van der Waals surface area contributed by atoms with Crippen LogP contribution in [0.1, 0.15) is 127 Å². The summed E-state index contributed by atoms with van der Waals surface area (Å²) in [6.07, 6.45) is -0.487. The van der Waals surface area contributed by atoms with Crippen molar-refractivity contribution in [3.8, 4) is 11.1 Å². The summed E-state index contributed by atoms with van der Waals surface area (Å²) < 4.78 is 5.59. The predicted octanol–water partition coefficient (Wildman–Crippen LogP) is -2.46. The number of rotatable bonds is 25. The highest BCUT2D eigenvalue weighted by Crippen LogP contribution is 2.44. The van der Waals surface area contributed by atoms with E-state index in [2.05, 4.69) is 74.1 Å². The van der Waals surface area contributed by atoms with Gasteiger partial charge in [-0.25, -0.2) is 4.79 Å². The van der Waals surface area contributed by atoms with Crippen molar-refractivity contribution in [2.45, 2.75) is 183 Å². The lowest BCUT2D eigenvalue weighted by molar-refractivity contribution is -0.146. The van der Waals surface area contributed by atoms with E-state index in [4.69, 9.17) is 32.8 Å². The van der Waals surface area contributed by atoms with Crippen molar-refractivity contribution < 1.29 is 82.1 Å². The number of para-hydroxylation sites is 1. The van der Waals surface area contributed by atoms with Crippen molar-refractivity contribution in [2.24, 2.45) is 17.2 Å². The summed E-state index contributed by atoms with van der Waals surface area (Å²) >= 11 is 0. The fourth-order valence-corrected chi connectivity index (χ4v) is 13.1. The first-order chi connectivity index (χ1) is 52.6. The molecule has 37 heteroatoms. The third-order valence-corrected chi connectivity index (χ3v) is 18.8. The Bertz CT molecular complexity index is 3980. The van der Waals surface area contributed by atoms with E-state index in [0.29, 0.717) is 17.6 Å². The molecular weight excluding hydrogens is 1430 g/mol. The lowest BCUT2D eigenvalue weighted by Crippen LogP contribution is -2.61. The quantitative estimate of drug-likeness (QED) is 0.0142. The van der Waals surface area contributed by atoms with E-state index >= 15 is 0 Å². The van der Waals surface area contributed by atoms with E-state index < -0.39 is 194 Å². The van der Waals surface area contributed by atoms with Gasteiger partial charge >= 0.3 is 12.1 Å². The maximum absolute atomic E-state index is 14.8. The van der Waals surface area contributed by atoms with E-state index in [1.165, 1.54) is 13.0 Å². The Morgan fingerprint density at radius 1 is 0.645 bits per heavy atom. The molecule has 37 nitrogen and oxygen atoms in total. The average Bonchev–Trinajstić information content (AvgIpc) is 1.62. The van der Waals surface area contributed by atoms with Gasteiger partial charge in [0.15, 0.2) is 11.9 Å². The smallest absolute Gasteiger partial charge is 0.407 e. The summed E-state index contributed by atoms with van der Waals surface area (Å²) in [6.45, 7) is 2.48. The molecule has 11 atom stereocenters. The number of nitrogens with two attached hydrogens (primary N) is 3. The van der Waals surface area contributed by atoms with Crippen LogP contribution in [0.2, 0.25) is 0 Å². The Morgan fingerprint density at radius 2 is 1.20 bits per heavy atom. The monoisotopic (exact) mass is 1530 g/mol. The molecule has 0 saturated carbocycles. The zero-order chi connectivity index (χ0) is 80.1. The van der Waals surface area contributed by atoms with Crippen LogP contribution in [0, 0.1) is 10.8 Å². The Labute approximate surface area is 633 Å². The van der Waals surface area contributed by atoms with Crippen molar-refractivity contribution >= 4 is 106 Å². The minimum atomic E-state index is -2.03. The van der Waals surface area contributed by atoms with Gasteiger partial charge in [-0.05, 0) is 124 Å². The van der Waals surface area contributed by atoms with Gasteiger partial charge in [0, 0.05) is 43.2 Å². The molecule has 3 aromatic carbocycles. The number of hydrogen-bond donors (Lipinski definition) is 21. The van der Waals surface area contributed by atoms with E-state index in [1.54, 1.807) is 50.3 Å². The number of hydrogen-bond acceptors (Lipinski definition) is 18. The lowest BCUT2D eigenvalue weighted by Gasteiger charge is -2.30. The van der Waals surface area contributed by atoms with Crippen molar-refractivity contribution in [3.63, 3.8) is 0 Å². The summed E-state index contributed by atoms with van der Waals surface area (Å²) in [7, 11) is 0. The van der Waals surface area contributed by atoms with E-state index in [9.17, 15) is 77.3 Å². The number of fused-ring (bicyclic) bond motifs is 5. The highest BCUT2D eigenvalue weighted by atomic mass is 16.5. The van der Waals surface area contributed by atoms with Gasteiger partial charge in [-0.1, -0.05) is 92.2 Å². The number of amides is 13. The average molecular weight is 1530 g/mol. The Kier molecular flexibility index (Phi) is 32.3. The molecule has 3 aliphatic rings. The second kappa shape index (κ2) is 41.8. The zero-order valence-corrected chi connectivity index (χ0v) is 61.4. The van der Waals surface area contributed by atoms with Crippen molar-refractivity contribution in [2.75, 3.05) is 39.4 Å². The normalized spacial score (nSPS) is 22.6. The van der Waals surface area contributed by atoms with Crippen LogP contribution in [-0.4, -0.2) is 221 Å². The number of aromatic nitrogens is 1. The van der Waals surface area contributed by atoms with Crippen LogP contribution in [0.25, 0.3) is 22.0 Å². The number of aromatic amines is 1. The van der Waals surface area contributed by atoms with Gasteiger partial charge in [-0.2, -0.15) is 0 Å².